The minimum Gasteiger partial charge on any atom is -0.493 e. The van der Waals surface area contributed by atoms with Gasteiger partial charge in [-0.2, -0.15) is 0 Å². The zero-order valence-corrected chi connectivity index (χ0v) is 21.5. The molecule has 2 N–H and O–H groups in total. The average molecular weight is 501 g/mol. The summed E-state index contributed by atoms with van der Waals surface area (Å²) in [6.45, 7) is 1.33. The molecule has 0 bridgehead atoms. The Morgan fingerprint density at radius 2 is 1.63 bits per heavy atom. The van der Waals surface area contributed by atoms with Crippen LogP contribution in [0, 0.1) is 0 Å². The van der Waals surface area contributed by atoms with Crippen LogP contribution in [-0.4, -0.2) is 17.1 Å². The van der Waals surface area contributed by atoms with Gasteiger partial charge >= 0.3 is 0 Å². The first kappa shape index (κ1) is 24.1. The summed E-state index contributed by atoms with van der Waals surface area (Å²) in [7, 11) is 0. The molecule has 6 rings (SSSR count). The van der Waals surface area contributed by atoms with Gasteiger partial charge in [-0.15, -0.1) is 0 Å². The van der Waals surface area contributed by atoms with Crippen molar-refractivity contribution in [3.63, 3.8) is 0 Å². The van der Waals surface area contributed by atoms with Crippen LogP contribution in [-0.2, 0) is 24.2 Å². The molecular weight excluding hydrogens is 468 g/mol. The molecule has 1 aromatic heterocycles. The fraction of sp³-hybridized carbons (Fsp3) is 0.206. The minimum absolute atomic E-state index is 0.245. The lowest BCUT2D eigenvalue weighted by atomic mass is 9.84. The number of hydrogen-bond acceptors (Lipinski definition) is 2. The molecule has 0 saturated heterocycles. The monoisotopic (exact) mass is 500 g/mol. The molecule has 1 heterocycles. The molecule has 1 amide bonds. The molecular formula is C34H32N2O2. The van der Waals surface area contributed by atoms with E-state index in [4.69, 9.17) is 10.5 Å². The van der Waals surface area contributed by atoms with E-state index in [-0.39, 0.29) is 11.8 Å². The summed E-state index contributed by atoms with van der Waals surface area (Å²) in [5.41, 5.74) is 14.3. The Balaban J connectivity index is 1.39. The fourth-order valence-corrected chi connectivity index (χ4v) is 5.90. The molecule has 190 valence electrons. The van der Waals surface area contributed by atoms with E-state index in [0.717, 1.165) is 54.4 Å². The van der Waals surface area contributed by atoms with E-state index in [1.165, 1.54) is 27.9 Å². The largest absolute Gasteiger partial charge is 0.493 e. The number of amides is 1. The number of carbonyl (C=O) groups excluding carboxylic acids is 1. The molecule has 38 heavy (non-hydrogen) atoms. The highest BCUT2D eigenvalue weighted by molar-refractivity contribution is 5.94. The average Bonchev–Trinajstić information content (AvgIpc) is 3.27. The van der Waals surface area contributed by atoms with Crippen molar-refractivity contribution in [1.82, 2.24) is 4.57 Å². The quantitative estimate of drug-likeness (QED) is 0.252. The first-order chi connectivity index (χ1) is 18.7. The first-order valence-corrected chi connectivity index (χ1v) is 13.4. The van der Waals surface area contributed by atoms with Crippen LogP contribution in [0.1, 0.15) is 41.1 Å². The Morgan fingerprint density at radius 3 is 2.42 bits per heavy atom. The highest BCUT2D eigenvalue weighted by Crippen LogP contribution is 2.41. The van der Waals surface area contributed by atoms with Gasteiger partial charge in [-0.1, -0.05) is 84.9 Å². The predicted molar refractivity (Wildman–Crippen MR) is 153 cm³/mol. The van der Waals surface area contributed by atoms with Crippen LogP contribution in [0.25, 0.3) is 22.0 Å². The highest BCUT2D eigenvalue weighted by atomic mass is 16.5. The van der Waals surface area contributed by atoms with Gasteiger partial charge in [0, 0.05) is 29.6 Å². The van der Waals surface area contributed by atoms with E-state index in [2.05, 4.69) is 95.6 Å². The van der Waals surface area contributed by atoms with Crippen molar-refractivity contribution in [1.29, 1.82) is 0 Å². The third kappa shape index (κ3) is 4.70. The van der Waals surface area contributed by atoms with E-state index in [1.807, 2.05) is 12.1 Å². The van der Waals surface area contributed by atoms with Crippen LogP contribution in [0.4, 0.5) is 0 Å². The maximum absolute atomic E-state index is 12.6. The van der Waals surface area contributed by atoms with Crippen LogP contribution in [0.15, 0.2) is 103 Å². The first-order valence-electron chi connectivity index (χ1n) is 13.4. The number of carbonyl (C=O) groups is 1. The van der Waals surface area contributed by atoms with E-state index >= 15 is 0 Å². The van der Waals surface area contributed by atoms with Gasteiger partial charge in [0.25, 0.3) is 0 Å². The molecule has 5 aromatic rings. The van der Waals surface area contributed by atoms with Gasteiger partial charge in [0.1, 0.15) is 5.75 Å². The summed E-state index contributed by atoms with van der Waals surface area (Å²) in [5, 5.41) is 1.08. The lowest BCUT2D eigenvalue weighted by Gasteiger charge is -2.22. The van der Waals surface area contributed by atoms with Gasteiger partial charge in [-0.05, 0) is 65.3 Å². The lowest BCUT2D eigenvalue weighted by molar-refractivity contribution is -0.119. The molecule has 0 fully saturated rings. The Labute approximate surface area is 223 Å². The van der Waals surface area contributed by atoms with Gasteiger partial charge in [0.2, 0.25) is 5.91 Å². The number of primary amides is 1. The zero-order chi connectivity index (χ0) is 25.9. The van der Waals surface area contributed by atoms with Crippen molar-refractivity contribution in [2.24, 2.45) is 5.73 Å². The highest BCUT2D eigenvalue weighted by Gasteiger charge is 2.31. The standard InChI is InChI=1S/C34H32N2O2/c35-34(37)29-16-9-17-32-33(29)30-22-27(38-21-20-24-10-3-1-4-11-24)18-19-31(30)36(32)23-26-14-7-8-15-28(26)25-12-5-2-6-13-25/h1-8,10-15,18-19,22,29H,9,16-17,20-21,23H2,(H2,35,37). The Morgan fingerprint density at radius 1 is 0.895 bits per heavy atom. The van der Waals surface area contributed by atoms with E-state index in [0.29, 0.717) is 6.61 Å². The van der Waals surface area contributed by atoms with Gasteiger partial charge < -0.3 is 15.0 Å². The van der Waals surface area contributed by atoms with E-state index < -0.39 is 0 Å². The molecule has 1 atom stereocenters. The predicted octanol–water partition coefficient (Wildman–Crippen LogP) is 6.88. The zero-order valence-electron chi connectivity index (χ0n) is 21.5. The molecule has 1 unspecified atom stereocenters. The van der Waals surface area contributed by atoms with Crippen LogP contribution < -0.4 is 10.5 Å². The molecule has 0 spiro atoms. The van der Waals surface area contributed by atoms with Crippen molar-refractivity contribution in [2.75, 3.05) is 6.61 Å². The SMILES string of the molecule is NC(=O)C1CCCc2c1c1cc(OCCc3ccccc3)ccc1n2Cc1ccccc1-c1ccccc1. The Hall–Kier alpha value is -4.31. The number of rotatable bonds is 8. The second-order valence-electron chi connectivity index (χ2n) is 10.1. The fourth-order valence-electron chi connectivity index (χ4n) is 5.90. The van der Waals surface area contributed by atoms with E-state index in [1.54, 1.807) is 0 Å². The second kappa shape index (κ2) is 10.6. The third-order valence-electron chi connectivity index (χ3n) is 7.72. The summed E-state index contributed by atoms with van der Waals surface area (Å²) >= 11 is 0. The summed E-state index contributed by atoms with van der Waals surface area (Å²) in [5.74, 6) is 0.309. The summed E-state index contributed by atoms with van der Waals surface area (Å²) in [6, 6.07) is 35.8. The number of fused-ring (bicyclic) bond motifs is 3. The number of hydrogen-bond donors (Lipinski definition) is 1. The number of nitrogens with zero attached hydrogens (tertiary/aromatic N) is 1. The minimum atomic E-state index is -0.272. The Kier molecular flexibility index (Phi) is 6.70. The van der Waals surface area contributed by atoms with Crippen LogP contribution in [0.3, 0.4) is 0 Å². The van der Waals surface area contributed by atoms with Crippen molar-refractivity contribution >= 4 is 16.8 Å². The number of aromatic nitrogens is 1. The number of nitrogens with two attached hydrogens (primary N) is 1. The normalized spacial score (nSPS) is 14.8. The van der Waals surface area contributed by atoms with E-state index in [9.17, 15) is 4.79 Å². The van der Waals surface area contributed by atoms with Gasteiger partial charge in [0.05, 0.1) is 12.5 Å². The lowest BCUT2D eigenvalue weighted by Crippen LogP contribution is -2.25. The third-order valence-corrected chi connectivity index (χ3v) is 7.72. The molecule has 1 aliphatic carbocycles. The van der Waals surface area contributed by atoms with Gasteiger partial charge in [-0.25, -0.2) is 0 Å². The molecule has 1 aliphatic rings. The van der Waals surface area contributed by atoms with Crippen molar-refractivity contribution in [3.8, 4) is 16.9 Å². The maximum Gasteiger partial charge on any atom is 0.225 e. The maximum atomic E-state index is 12.6. The smallest absolute Gasteiger partial charge is 0.225 e. The molecule has 0 radical (unpaired) electrons. The number of benzene rings is 4. The molecule has 4 nitrogen and oxygen atoms in total. The Bertz CT molecular complexity index is 1570. The molecule has 4 aromatic carbocycles. The molecule has 4 heteroatoms. The van der Waals surface area contributed by atoms with Gasteiger partial charge in [0.15, 0.2) is 0 Å². The van der Waals surface area contributed by atoms with Crippen molar-refractivity contribution in [2.45, 2.75) is 38.1 Å². The second-order valence-corrected chi connectivity index (χ2v) is 10.1. The van der Waals surface area contributed by atoms with Gasteiger partial charge in [-0.3, -0.25) is 4.79 Å². The number of ether oxygens (including phenoxy) is 1. The van der Waals surface area contributed by atoms with Crippen LogP contribution in [0.5, 0.6) is 5.75 Å². The topological polar surface area (TPSA) is 57.3 Å². The van der Waals surface area contributed by atoms with Crippen LogP contribution >= 0.6 is 0 Å². The summed E-state index contributed by atoms with van der Waals surface area (Å²) < 4.78 is 8.58. The van der Waals surface area contributed by atoms with Crippen molar-refractivity contribution < 1.29 is 9.53 Å². The van der Waals surface area contributed by atoms with Crippen molar-refractivity contribution in [3.05, 3.63) is 126 Å². The molecule has 0 aliphatic heterocycles. The molecule has 0 saturated carbocycles. The van der Waals surface area contributed by atoms with Crippen LogP contribution in [0.2, 0.25) is 0 Å². The summed E-state index contributed by atoms with van der Waals surface area (Å²) in [6.07, 6.45) is 3.53. The summed E-state index contributed by atoms with van der Waals surface area (Å²) in [4.78, 5) is 12.6.